The molecular formula is C33H39N3O11. The SMILES string of the molecule is CC(=O)NC(=O)C1=C(OC(C)=O)C(N(C)C)C2CC3Cc4c(N(C)C)ccc(OC(C)=O)c4C(=O)C3=C(OC(C)=O)C2C1OC(C)=O. The van der Waals surface area contributed by atoms with Gasteiger partial charge in [-0.3, -0.25) is 43.8 Å². The Kier molecular flexibility index (Phi) is 10.0. The lowest BCUT2D eigenvalue weighted by molar-refractivity contribution is -0.153. The Morgan fingerprint density at radius 2 is 1.40 bits per heavy atom. The summed E-state index contributed by atoms with van der Waals surface area (Å²) in [5, 5.41) is 2.17. The van der Waals surface area contributed by atoms with Crippen LogP contribution in [-0.4, -0.2) is 86.7 Å². The number of esters is 4. The van der Waals surface area contributed by atoms with Gasteiger partial charge in [-0.1, -0.05) is 0 Å². The Bertz CT molecular complexity index is 1640. The zero-order valence-electron chi connectivity index (χ0n) is 27.8. The molecular weight excluding hydrogens is 614 g/mol. The quantitative estimate of drug-likeness (QED) is 0.257. The predicted octanol–water partition coefficient (Wildman–Crippen LogP) is 1.84. The normalized spacial score (nSPS) is 23.2. The number of ketones is 1. The van der Waals surface area contributed by atoms with Crippen molar-refractivity contribution in [3.63, 3.8) is 0 Å². The summed E-state index contributed by atoms with van der Waals surface area (Å²) in [5.74, 6) is -7.82. The van der Waals surface area contributed by atoms with Crippen molar-refractivity contribution in [2.45, 2.75) is 59.6 Å². The van der Waals surface area contributed by atoms with E-state index >= 15 is 0 Å². The second kappa shape index (κ2) is 13.5. The Labute approximate surface area is 272 Å². The number of fused-ring (bicyclic) bond motifs is 3. The van der Waals surface area contributed by atoms with Crippen molar-refractivity contribution in [2.75, 3.05) is 33.1 Å². The molecule has 1 aromatic carbocycles. The number of anilines is 1. The van der Waals surface area contributed by atoms with Gasteiger partial charge in [0, 0.05) is 60.0 Å². The van der Waals surface area contributed by atoms with Gasteiger partial charge in [0.2, 0.25) is 5.91 Å². The smallest absolute Gasteiger partial charge is 0.308 e. The predicted molar refractivity (Wildman–Crippen MR) is 165 cm³/mol. The van der Waals surface area contributed by atoms with Gasteiger partial charge in [-0.05, 0) is 56.5 Å². The van der Waals surface area contributed by atoms with Crippen molar-refractivity contribution in [1.29, 1.82) is 0 Å². The lowest BCUT2D eigenvalue weighted by atomic mass is 9.60. The Balaban J connectivity index is 2.10. The third-order valence-electron chi connectivity index (χ3n) is 8.34. The molecule has 1 aromatic rings. The van der Waals surface area contributed by atoms with E-state index in [4.69, 9.17) is 18.9 Å². The molecule has 14 nitrogen and oxygen atoms in total. The van der Waals surface area contributed by atoms with E-state index in [1.54, 1.807) is 25.1 Å². The van der Waals surface area contributed by atoms with Gasteiger partial charge >= 0.3 is 23.9 Å². The van der Waals surface area contributed by atoms with Gasteiger partial charge in [0.15, 0.2) is 5.78 Å². The third-order valence-corrected chi connectivity index (χ3v) is 8.34. The molecule has 0 spiro atoms. The van der Waals surface area contributed by atoms with Crippen molar-refractivity contribution in [3.8, 4) is 5.75 Å². The lowest BCUT2D eigenvalue weighted by Crippen LogP contribution is -2.57. The molecule has 0 bridgehead atoms. The first-order valence-electron chi connectivity index (χ1n) is 15.0. The van der Waals surface area contributed by atoms with Gasteiger partial charge in [0.05, 0.1) is 23.1 Å². The maximum Gasteiger partial charge on any atom is 0.308 e. The number of likely N-dealkylation sites (N-methyl/N-ethyl adjacent to an activating group) is 1. The van der Waals surface area contributed by atoms with Gasteiger partial charge < -0.3 is 23.8 Å². The molecule has 14 heteroatoms. The van der Waals surface area contributed by atoms with Crippen LogP contribution in [0.2, 0.25) is 0 Å². The van der Waals surface area contributed by atoms with Crippen LogP contribution in [0.1, 0.15) is 57.0 Å². The van der Waals surface area contributed by atoms with Crippen LogP contribution in [0.5, 0.6) is 5.75 Å². The molecule has 2 amide bonds. The highest BCUT2D eigenvalue weighted by Crippen LogP contribution is 2.54. The number of Topliss-reactive ketones (excluding diaryl/α,β-unsaturated/α-hetero) is 1. The Morgan fingerprint density at radius 1 is 0.809 bits per heavy atom. The average Bonchev–Trinajstić information content (AvgIpc) is 2.90. The summed E-state index contributed by atoms with van der Waals surface area (Å²) < 4.78 is 22.7. The third kappa shape index (κ3) is 6.82. The van der Waals surface area contributed by atoms with Gasteiger partial charge in [-0.15, -0.1) is 0 Å². The van der Waals surface area contributed by atoms with Crippen LogP contribution in [-0.2, 0) is 49.4 Å². The summed E-state index contributed by atoms with van der Waals surface area (Å²) >= 11 is 0. The van der Waals surface area contributed by atoms with E-state index in [1.165, 1.54) is 13.0 Å². The van der Waals surface area contributed by atoms with E-state index in [2.05, 4.69) is 5.32 Å². The number of carbonyl (C=O) groups excluding carboxylic acids is 7. The second-order valence-electron chi connectivity index (χ2n) is 12.3. The number of hydrogen-bond donors (Lipinski definition) is 1. The zero-order chi connectivity index (χ0) is 35.1. The molecule has 0 saturated carbocycles. The number of amides is 2. The highest BCUT2D eigenvalue weighted by molar-refractivity contribution is 6.15. The van der Waals surface area contributed by atoms with Gasteiger partial charge in [0.25, 0.3) is 5.91 Å². The van der Waals surface area contributed by atoms with Crippen molar-refractivity contribution in [2.24, 2.45) is 17.8 Å². The number of allylic oxidation sites excluding steroid dienone is 1. The molecule has 0 saturated heterocycles. The fraction of sp³-hybridized carbons (Fsp3) is 0.485. The standard InChI is InChI=1S/C33H39N3O11/c1-14(37)34-33(43)27-31(46-17(4)40)26-21(28(36(8)9)32(27)47-18(5)41)13-19-12-20-22(35(6)7)10-11-23(44-15(2)38)25(20)29(42)24(19)30(26)45-16(3)39/h10-11,19,21,26,28,31H,12-13H2,1-9H3,(H,34,37,43). The topological polar surface area (TPSA) is 175 Å². The summed E-state index contributed by atoms with van der Waals surface area (Å²) in [7, 11) is 7.02. The van der Waals surface area contributed by atoms with Crippen LogP contribution in [0.25, 0.3) is 0 Å². The van der Waals surface area contributed by atoms with Crippen LogP contribution in [0.4, 0.5) is 5.69 Å². The molecule has 5 atom stereocenters. The van der Waals surface area contributed by atoms with Crippen LogP contribution in [0.15, 0.2) is 34.8 Å². The minimum absolute atomic E-state index is 0.0308. The summed E-state index contributed by atoms with van der Waals surface area (Å²) in [6, 6.07) is 2.43. The molecule has 0 aromatic heterocycles. The zero-order valence-corrected chi connectivity index (χ0v) is 27.8. The van der Waals surface area contributed by atoms with E-state index in [0.717, 1.165) is 27.7 Å². The van der Waals surface area contributed by atoms with E-state index in [1.807, 2.05) is 19.0 Å². The first-order chi connectivity index (χ1) is 21.9. The molecule has 5 unspecified atom stereocenters. The minimum atomic E-state index is -1.54. The lowest BCUT2D eigenvalue weighted by Gasteiger charge is -2.50. The highest BCUT2D eigenvalue weighted by Gasteiger charge is 2.58. The summed E-state index contributed by atoms with van der Waals surface area (Å²) in [4.78, 5) is 93.7. The molecule has 0 heterocycles. The molecule has 47 heavy (non-hydrogen) atoms. The highest BCUT2D eigenvalue weighted by atomic mass is 16.6. The second-order valence-corrected chi connectivity index (χ2v) is 12.3. The molecule has 4 rings (SSSR count). The average molecular weight is 654 g/mol. The van der Waals surface area contributed by atoms with Crippen LogP contribution >= 0.6 is 0 Å². The van der Waals surface area contributed by atoms with Crippen LogP contribution in [0, 0.1) is 17.8 Å². The van der Waals surface area contributed by atoms with E-state index in [-0.39, 0.29) is 46.8 Å². The van der Waals surface area contributed by atoms with Crippen LogP contribution in [0.3, 0.4) is 0 Å². The van der Waals surface area contributed by atoms with Crippen molar-refractivity contribution in [1.82, 2.24) is 10.2 Å². The van der Waals surface area contributed by atoms with Crippen molar-refractivity contribution in [3.05, 3.63) is 45.9 Å². The van der Waals surface area contributed by atoms with E-state index in [9.17, 15) is 33.6 Å². The van der Waals surface area contributed by atoms with Crippen LogP contribution < -0.4 is 15.0 Å². The van der Waals surface area contributed by atoms with E-state index in [0.29, 0.717) is 11.3 Å². The van der Waals surface area contributed by atoms with Crippen molar-refractivity contribution < 1.29 is 52.5 Å². The molecule has 1 N–H and O–H groups in total. The first kappa shape index (κ1) is 35.0. The maximum atomic E-state index is 14.6. The number of nitrogens with one attached hydrogen (secondary N) is 1. The number of rotatable bonds is 7. The van der Waals surface area contributed by atoms with Gasteiger partial charge in [-0.2, -0.15) is 0 Å². The fourth-order valence-electron chi connectivity index (χ4n) is 7.07. The van der Waals surface area contributed by atoms with Gasteiger partial charge in [-0.25, -0.2) is 0 Å². The summed E-state index contributed by atoms with van der Waals surface area (Å²) in [5.41, 5.74) is 1.23. The molecule has 3 aliphatic rings. The number of imide groups is 1. The monoisotopic (exact) mass is 653 g/mol. The molecule has 3 aliphatic carbocycles. The molecule has 252 valence electrons. The molecule has 0 radical (unpaired) electrons. The Morgan fingerprint density at radius 3 is 1.91 bits per heavy atom. The summed E-state index contributed by atoms with van der Waals surface area (Å²) in [6.07, 6.45) is -1.02. The first-order valence-corrected chi connectivity index (χ1v) is 15.0. The number of hydrogen-bond acceptors (Lipinski definition) is 13. The maximum absolute atomic E-state index is 14.6. The number of benzene rings is 1. The fourth-order valence-corrected chi connectivity index (χ4v) is 7.07. The number of carbonyl (C=O) groups is 7. The Hall–Kier alpha value is -4.85. The molecule has 0 aliphatic heterocycles. The van der Waals surface area contributed by atoms with E-state index < -0.39 is 71.4 Å². The summed E-state index contributed by atoms with van der Waals surface area (Å²) in [6.45, 7) is 5.73. The number of ether oxygens (including phenoxy) is 4. The largest absolute Gasteiger partial charge is 0.457 e. The number of nitrogens with zero attached hydrogens (tertiary/aromatic N) is 2. The molecule has 0 fully saturated rings. The van der Waals surface area contributed by atoms with Gasteiger partial charge in [0.1, 0.15) is 23.4 Å². The minimum Gasteiger partial charge on any atom is -0.457 e. The van der Waals surface area contributed by atoms with Crippen molar-refractivity contribution >= 4 is 47.2 Å².